The summed E-state index contributed by atoms with van der Waals surface area (Å²) in [6.45, 7) is 1.95. The van der Waals surface area contributed by atoms with Gasteiger partial charge < -0.3 is 9.84 Å². The molecule has 0 spiro atoms. The van der Waals surface area contributed by atoms with E-state index in [4.69, 9.17) is 16.3 Å². The van der Waals surface area contributed by atoms with Crippen LogP contribution in [-0.2, 0) is 11.2 Å². The number of rotatable bonds is 6. The normalized spacial score (nSPS) is 11.1. The number of hydrogen-bond acceptors (Lipinski definition) is 6. The largest absolute Gasteiger partial charge is 0.504 e. The van der Waals surface area contributed by atoms with E-state index >= 15 is 0 Å². The van der Waals surface area contributed by atoms with Crippen LogP contribution in [0, 0.1) is 18.3 Å². The van der Waals surface area contributed by atoms with Gasteiger partial charge in [-0.25, -0.2) is 4.98 Å². The molecule has 1 aromatic heterocycles. The van der Waals surface area contributed by atoms with Gasteiger partial charge in [-0.3, -0.25) is 10.1 Å². The van der Waals surface area contributed by atoms with Crippen LogP contribution in [0.5, 0.6) is 11.5 Å². The van der Waals surface area contributed by atoms with Gasteiger partial charge in [-0.2, -0.15) is 5.26 Å². The molecule has 152 valence electrons. The molecule has 1 amide bonds. The lowest BCUT2D eigenvalue weighted by Crippen LogP contribution is -2.13. The molecule has 0 aliphatic rings. The fraction of sp³-hybridized carbons (Fsp3) is 0.136. The Morgan fingerprint density at radius 1 is 1.37 bits per heavy atom. The Labute approximate surface area is 183 Å². The Hall–Kier alpha value is -3.34. The molecule has 0 fully saturated rings. The third-order valence-corrected chi connectivity index (χ3v) is 5.59. The van der Waals surface area contributed by atoms with Crippen LogP contribution in [0.3, 0.4) is 0 Å². The van der Waals surface area contributed by atoms with Crippen LogP contribution in [0.1, 0.15) is 21.6 Å². The zero-order chi connectivity index (χ0) is 21.7. The Kier molecular flexibility index (Phi) is 6.72. The highest BCUT2D eigenvalue weighted by atomic mass is 35.5. The molecule has 0 bridgehead atoms. The van der Waals surface area contributed by atoms with E-state index in [0.29, 0.717) is 22.1 Å². The van der Waals surface area contributed by atoms with Crippen LogP contribution in [0.25, 0.3) is 6.08 Å². The van der Waals surface area contributed by atoms with Crippen molar-refractivity contribution in [3.8, 4) is 17.6 Å². The first kappa shape index (κ1) is 21.4. The smallest absolute Gasteiger partial charge is 0.268 e. The lowest BCUT2D eigenvalue weighted by Gasteiger charge is -2.04. The number of carbonyl (C=O) groups is 1. The number of phenols is 1. The topological polar surface area (TPSA) is 95.2 Å². The van der Waals surface area contributed by atoms with Crippen LogP contribution >= 0.6 is 22.9 Å². The van der Waals surface area contributed by atoms with Crippen molar-refractivity contribution in [1.29, 1.82) is 5.26 Å². The number of thiazole rings is 1. The number of nitriles is 1. The minimum Gasteiger partial charge on any atom is -0.504 e. The van der Waals surface area contributed by atoms with Crippen LogP contribution in [-0.4, -0.2) is 23.1 Å². The molecule has 0 aliphatic heterocycles. The molecular formula is C22H18ClN3O3S. The van der Waals surface area contributed by atoms with Crippen LogP contribution in [0.15, 0.2) is 48.2 Å². The van der Waals surface area contributed by atoms with Crippen molar-refractivity contribution in [3.63, 3.8) is 0 Å². The van der Waals surface area contributed by atoms with E-state index in [1.807, 2.05) is 31.2 Å². The number of carbonyl (C=O) groups excluding carboxylic acids is 1. The average molecular weight is 440 g/mol. The molecule has 0 aliphatic carbocycles. The van der Waals surface area contributed by atoms with E-state index in [1.54, 1.807) is 12.3 Å². The molecule has 0 saturated heterocycles. The van der Waals surface area contributed by atoms with Gasteiger partial charge in [0.15, 0.2) is 16.6 Å². The lowest BCUT2D eigenvalue weighted by molar-refractivity contribution is -0.112. The molecule has 0 radical (unpaired) electrons. The summed E-state index contributed by atoms with van der Waals surface area (Å²) in [5, 5.41) is 22.8. The van der Waals surface area contributed by atoms with Gasteiger partial charge in [0.2, 0.25) is 0 Å². The fourth-order valence-corrected chi connectivity index (χ4v) is 3.70. The number of nitrogens with one attached hydrogen (secondary N) is 1. The molecule has 30 heavy (non-hydrogen) atoms. The monoisotopic (exact) mass is 439 g/mol. The first-order chi connectivity index (χ1) is 14.4. The Morgan fingerprint density at radius 2 is 2.17 bits per heavy atom. The Bertz CT molecular complexity index is 1160. The van der Waals surface area contributed by atoms with Crippen molar-refractivity contribution in [3.05, 3.63) is 74.8 Å². The number of benzene rings is 2. The second-order valence-corrected chi connectivity index (χ2v) is 7.97. The summed E-state index contributed by atoms with van der Waals surface area (Å²) in [6, 6.07) is 12.3. The number of amides is 1. The second kappa shape index (κ2) is 9.44. The number of ether oxygens (including phenoxy) is 1. The van der Waals surface area contributed by atoms with Gasteiger partial charge in [0, 0.05) is 22.5 Å². The van der Waals surface area contributed by atoms with E-state index in [9.17, 15) is 15.2 Å². The van der Waals surface area contributed by atoms with Gasteiger partial charge in [0.1, 0.15) is 11.6 Å². The van der Waals surface area contributed by atoms with Crippen molar-refractivity contribution in [2.24, 2.45) is 0 Å². The number of phenolic OH excluding ortho intramolecular Hbond substituents is 1. The second-order valence-electron chi connectivity index (χ2n) is 6.45. The van der Waals surface area contributed by atoms with Gasteiger partial charge in [-0.05, 0) is 47.9 Å². The number of anilines is 1. The third kappa shape index (κ3) is 5.17. The molecule has 1 heterocycles. The minimum atomic E-state index is -0.566. The molecular weight excluding hydrogens is 422 g/mol. The van der Waals surface area contributed by atoms with E-state index < -0.39 is 5.91 Å². The summed E-state index contributed by atoms with van der Waals surface area (Å²) in [6.07, 6.45) is 3.75. The summed E-state index contributed by atoms with van der Waals surface area (Å²) >= 11 is 7.50. The molecule has 2 aromatic carbocycles. The summed E-state index contributed by atoms with van der Waals surface area (Å²) in [7, 11) is 1.42. The number of halogens is 1. The highest BCUT2D eigenvalue weighted by Crippen LogP contribution is 2.28. The summed E-state index contributed by atoms with van der Waals surface area (Å²) in [5.41, 5.74) is 2.52. The van der Waals surface area contributed by atoms with Crippen LogP contribution < -0.4 is 10.1 Å². The summed E-state index contributed by atoms with van der Waals surface area (Å²) in [5.74, 6) is -0.339. The average Bonchev–Trinajstić information content (AvgIpc) is 3.16. The third-order valence-electron chi connectivity index (χ3n) is 4.27. The molecule has 0 saturated carbocycles. The van der Waals surface area contributed by atoms with Crippen LogP contribution in [0.4, 0.5) is 5.13 Å². The first-order valence-electron chi connectivity index (χ1n) is 8.89. The SMILES string of the molecule is COc1cc(/C=C(\C#N)C(=O)Nc2ncc(Cc3ccc(C)c(Cl)c3)s2)ccc1O. The lowest BCUT2D eigenvalue weighted by atomic mass is 10.1. The Balaban J connectivity index is 1.71. The van der Waals surface area contributed by atoms with Gasteiger partial charge in [0.25, 0.3) is 5.91 Å². The van der Waals surface area contributed by atoms with E-state index in [1.165, 1.54) is 36.7 Å². The van der Waals surface area contributed by atoms with Gasteiger partial charge in [-0.1, -0.05) is 29.8 Å². The van der Waals surface area contributed by atoms with Crippen molar-refractivity contribution < 1.29 is 14.6 Å². The van der Waals surface area contributed by atoms with E-state index in [-0.39, 0.29) is 17.1 Å². The molecule has 2 N–H and O–H groups in total. The molecule has 3 rings (SSSR count). The number of aryl methyl sites for hydroxylation is 1. The molecule has 3 aromatic rings. The highest BCUT2D eigenvalue weighted by Gasteiger charge is 2.13. The van der Waals surface area contributed by atoms with Crippen molar-refractivity contribution >= 4 is 40.1 Å². The highest BCUT2D eigenvalue weighted by molar-refractivity contribution is 7.15. The predicted molar refractivity (Wildman–Crippen MR) is 118 cm³/mol. The van der Waals surface area contributed by atoms with Crippen molar-refractivity contribution in [1.82, 2.24) is 4.98 Å². The quantitative estimate of drug-likeness (QED) is 0.418. The zero-order valence-corrected chi connectivity index (χ0v) is 17.8. The number of hydrogen-bond donors (Lipinski definition) is 2. The number of nitrogens with zero attached hydrogens (tertiary/aromatic N) is 2. The number of methoxy groups -OCH3 is 1. The maximum Gasteiger partial charge on any atom is 0.268 e. The first-order valence-corrected chi connectivity index (χ1v) is 10.1. The maximum atomic E-state index is 12.5. The predicted octanol–water partition coefficient (Wildman–Crippen LogP) is 4.96. The summed E-state index contributed by atoms with van der Waals surface area (Å²) < 4.78 is 5.04. The van der Waals surface area contributed by atoms with Gasteiger partial charge in [0.05, 0.1) is 7.11 Å². The maximum absolute atomic E-state index is 12.5. The molecule has 0 unspecified atom stereocenters. The fourth-order valence-electron chi connectivity index (χ4n) is 2.66. The van der Waals surface area contributed by atoms with Gasteiger partial charge >= 0.3 is 0 Å². The summed E-state index contributed by atoms with van der Waals surface area (Å²) in [4.78, 5) is 17.7. The molecule has 0 atom stereocenters. The minimum absolute atomic E-state index is 0.0252. The van der Waals surface area contributed by atoms with E-state index in [2.05, 4.69) is 10.3 Å². The Morgan fingerprint density at radius 3 is 2.87 bits per heavy atom. The molecule has 6 nitrogen and oxygen atoms in total. The number of aromatic hydroxyl groups is 1. The van der Waals surface area contributed by atoms with Gasteiger partial charge in [-0.15, -0.1) is 11.3 Å². The standard InChI is InChI=1S/C22H18ClN3O3S/c1-13-3-4-15(9-18(13)23)8-17-12-25-22(30-17)26-21(28)16(11-24)7-14-5-6-19(27)20(10-14)29-2/h3-7,9-10,12,27H,8H2,1-2H3,(H,25,26,28)/b16-7+. The van der Waals surface area contributed by atoms with Crippen molar-refractivity contribution in [2.75, 3.05) is 12.4 Å². The van der Waals surface area contributed by atoms with Crippen molar-refractivity contribution in [2.45, 2.75) is 13.3 Å². The number of aromatic nitrogens is 1. The van der Waals surface area contributed by atoms with E-state index in [0.717, 1.165) is 16.0 Å². The zero-order valence-electron chi connectivity index (χ0n) is 16.3. The molecule has 8 heteroatoms. The van der Waals surface area contributed by atoms with Crippen LogP contribution in [0.2, 0.25) is 5.02 Å².